The summed E-state index contributed by atoms with van der Waals surface area (Å²) >= 11 is 0. The van der Waals surface area contributed by atoms with E-state index >= 15 is 0 Å². The fourth-order valence-electron chi connectivity index (χ4n) is 3.77. The molecular weight excluding hydrogens is 353 g/mol. The molecule has 0 radical (unpaired) electrons. The monoisotopic (exact) mass is 388 g/mol. The Labute approximate surface area is 210 Å². The molecule has 0 bridgehead atoms. The predicted molar refractivity (Wildman–Crippen MR) is 96.5 cm³/mol. The maximum Gasteiger partial charge on any atom is 2.00 e. The van der Waals surface area contributed by atoms with Crippen LogP contribution in [-0.4, -0.2) is 45.2 Å². The van der Waals surface area contributed by atoms with Crippen molar-refractivity contribution < 1.29 is 62.5 Å². The van der Waals surface area contributed by atoms with E-state index in [1.54, 1.807) is 0 Å². The molecule has 0 aliphatic carbocycles. The number of halogens is 2. The van der Waals surface area contributed by atoms with Crippen LogP contribution < -0.4 is 62.5 Å². The molecule has 0 amide bonds. The van der Waals surface area contributed by atoms with Crippen LogP contribution >= 0.6 is 0 Å². The van der Waals surface area contributed by atoms with Gasteiger partial charge in [0.2, 0.25) is 0 Å². The van der Waals surface area contributed by atoms with Crippen LogP contribution in [0.15, 0.2) is 0 Å². The van der Waals surface area contributed by atoms with Gasteiger partial charge in [-0.25, -0.2) is 0 Å². The summed E-state index contributed by atoms with van der Waals surface area (Å²) < 4.78 is 0. The molecule has 0 unspecified atom stereocenters. The average molecular weight is 390 g/mol. The number of nitrogens with zero attached hydrogens (tertiary/aromatic N) is 2. The van der Waals surface area contributed by atoms with Crippen LogP contribution in [0.3, 0.4) is 0 Å². The van der Waals surface area contributed by atoms with Gasteiger partial charge in [-0.3, -0.25) is 0 Å². The van der Waals surface area contributed by atoms with Gasteiger partial charge < -0.3 is 35.4 Å². The van der Waals surface area contributed by atoms with Crippen molar-refractivity contribution in [2.75, 3.05) is 0 Å². The molecule has 0 saturated carbocycles. The minimum atomic E-state index is 0. The number of hydrogen-bond acceptors (Lipinski definition) is 0. The zero-order chi connectivity index (χ0) is 15.7. The standard InChI is InChI=1S/2C9H18N.2ClH.2Li.Mg/c2*1-8(2)6-5-7-9(3,4)10-8;;;;;/h2*5-7H2,1-4H3;2*1H;;;/q2*-1;;;2*+1;+2/p-2. The van der Waals surface area contributed by atoms with Gasteiger partial charge in [0.25, 0.3) is 0 Å². The van der Waals surface area contributed by atoms with Crippen LogP contribution in [0.5, 0.6) is 0 Å². The molecule has 0 N–H and O–H groups in total. The molecule has 0 aromatic heterocycles. The van der Waals surface area contributed by atoms with E-state index in [9.17, 15) is 0 Å². The molecule has 25 heavy (non-hydrogen) atoms. The van der Waals surface area contributed by atoms with E-state index in [-0.39, 0.29) is 108 Å². The van der Waals surface area contributed by atoms with Gasteiger partial charge in [-0.15, -0.1) is 22.2 Å². The smallest absolute Gasteiger partial charge is 1.00 e. The second-order valence-electron chi connectivity index (χ2n) is 9.18. The van der Waals surface area contributed by atoms with Gasteiger partial charge in [0.1, 0.15) is 0 Å². The van der Waals surface area contributed by atoms with Crippen molar-refractivity contribution in [1.82, 2.24) is 0 Å². The van der Waals surface area contributed by atoms with Crippen LogP contribution in [0.4, 0.5) is 0 Å². The normalized spacial score (nSPS) is 24.0. The Kier molecular flexibility index (Phi) is 22.0. The third-order valence-electron chi connectivity index (χ3n) is 4.36. The molecule has 136 valence electrons. The van der Waals surface area contributed by atoms with E-state index in [4.69, 9.17) is 10.6 Å². The first kappa shape index (κ1) is 38.1. The van der Waals surface area contributed by atoms with Crippen molar-refractivity contribution in [2.45, 2.75) is 116 Å². The molecule has 0 aromatic rings. The summed E-state index contributed by atoms with van der Waals surface area (Å²) in [7, 11) is 0. The minimum Gasteiger partial charge on any atom is -1.00 e. The van der Waals surface area contributed by atoms with Crippen molar-refractivity contribution in [3.05, 3.63) is 10.6 Å². The minimum absolute atomic E-state index is 0. The van der Waals surface area contributed by atoms with Crippen molar-refractivity contribution in [3.63, 3.8) is 0 Å². The number of rotatable bonds is 0. The molecule has 0 atom stereocenters. The van der Waals surface area contributed by atoms with Crippen LogP contribution in [0, 0.1) is 0 Å². The Morgan fingerprint density at radius 3 is 0.720 bits per heavy atom. The number of piperidine rings is 2. The third-order valence-corrected chi connectivity index (χ3v) is 4.36. The van der Waals surface area contributed by atoms with E-state index in [1.807, 2.05) is 0 Å². The average Bonchev–Trinajstić information content (AvgIpc) is 2.09. The fourth-order valence-corrected chi connectivity index (χ4v) is 3.77. The first-order valence-corrected chi connectivity index (χ1v) is 8.31. The topological polar surface area (TPSA) is 28.2 Å². The van der Waals surface area contributed by atoms with Crippen LogP contribution in [0.2, 0.25) is 0 Å². The third kappa shape index (κ3) is 17.1. The molecule has 2 rings (SSSR count). The van der Waals surface area contributed by atoms with Gasteiger partial charge in [-0.05, 0) is 0 Å². The summed E-state index contributed by atoms with van der Waals surface area (Å²) in [5, 5.41) is 9.49. The molecule has 2 heterocycles. The SMILES string of the molecule is CC1(C)CCCC(C)(C)[N-]1.CC1(C)CCCC(C)(C)[N-]1.[Cl-].[Cl-].[Li+].[Li+].[Mg+2]. The Bertz CT molecular complexity index is 279. The Morgan fingerprint density at radius 2 is 0.640 bits per heavy atom. The van der Waals surface area contributed by atoms with Crippen molar-refractivity contribution in [1.29, 1.82) is 0 Å². The van der Waals surface area contributed by atoms with E-state index in [1.165, 1.54) is 38.5 Å². The predicted octanol–water partition coefficient (Wildman–Crippen LogP) is -6.16. The molecule has 2 aliphatic heterocycles. The van der Waals surface area contributed by atoms with Crippen molar-refractivity contribution in [2.24, 2.45) is 0 Å². The van der Waals surface area contributed by atoms with E-state index in [0.29, 0.717) is 0 Å². The molecule has 7 heteroatoms. The summed E-state index contributed by atoms with van der Waals surface area (Å²) in [6.45, 7) is 17.8. The Hall–Kier alpha value is 2.46. The van der Waals surface area contributed by atoms with Crippen LogP contribution in [-0.2, 0) is 0 Å². The largest absolute Gasteiger partial charge is 2.00 e. The van der Waals surface area contributed by atoms with Crippen molar-refractivity contribution in [3.8, 4) is 0 Å². The quantitative estimate of drug-likeness (QED) is 0.369. The van der Waals surface area contributed by atoms with Crippen LogP contribution in [0.1, 0.15) is 93.9 Å². The zero-order valence-corrected chi connectivity index (χ0v) is 21.5. The maximum atomic E-state index is 4.75. The molecular formula is C18H36Cl2Li2MgN2. The van der Waals surface area contributed by atoms with Gasteiger partial charge in [0, 0.05) is 0 Å². The maximum absolute atomic E-state index is 4.75. The molecule has 2 aliphatic rings. The number of hydrogen-bond donors (Lipinski definition) is 0. The van der Waals surface area contributed by atoms with E-state index in [2.05, 4.69) is 55.4 Å². The summed E-state index contributed by atoms with van der Waals surface area (Å²) in [6.07, 6.45) is 7.72. The Balaban J connectivity index is -0.0000000889. The first-order chi connectivity index (χ1) is 8.83. The van der Waals surface area contributed by atoms with E-state index in [0.717, 1.165) is 0 Å². The van der Waals surface area contributed by atoms with Crippen molar-refractivity contribution >= 4 is 23.1 Å². The van der Waals surface area contributed by atoms with Crippen LogP contribution in [0.25, 0.3) is 10.6 Å². The Morgan fingerprint density at radius 1 is 0.480 bits per heavy atom. The van der Waals surface area contributed by atoms with Gasteiger partial charge in [0.15, 0.2) is 0 Å². The van der Waals surface area contributed by atoms with Gasteiger partial charge in [0.05, 0.1) is 0 Å². The van der Waals surface area contributed by atoms with Gasteiger partial charge in [-0.2, -0.15) is 0 Å². The zero-order valence-electron chi connectivity index (χ0n) is 18.6. The molecule has 0 aromatic carbocycles. The summed E-state index contributed by atoms with van der Waals surface area (Å²) in [5.41, 5.74) is 0.951. The first-order valence-electron chi connectivity index (χ1n) is 8.31. The van der Waals surface area contributed by atoms with E-state index < -0.39 is 0 Å². The molecule has 0 spiro atoms. The summed E-state index contributed by atoms with van der Waals surface area (Å²) in [4.78, 5) is 0. The molecule has 2 saturated heterocycles. The second kappa shape index (κ2) is 14.4. The fraction of sp³-hybridized carbons (Fsp3) is 1.00. The van der Waals surface area contributed by atoms with Gasteiger partial charge in [-0.1, -0.05) is 93.9 Å². The van der Waals surface area contributed by atoms with Gasteiger partial charge >= 0.3 is 60.8 Å². The summed E-state index contributed by atoms with van der Waals surface area (Å²) in [5.74, 6) is 0. The molecule has 2 nitrogen and oxygen atoms in total. The second-order valence-corrected chi connectivity index (χ2v) is 9.18. The summed E-state index contributed by atoms with van der Waals surface area (Å²) in [6, 6.07) is 0. The molecule has 2 fully saturated rings.